The summed E-state index contributed by atoms with van der Waals surface area (Å²) in [7, 11) is -3.60. The van der Waals surface area contributed by atoms with Gasteiger partial charge in [-0.2, -0.15) is 0 Å². The van der Waals surface area contributed by atoms with Crippen LogP contribution in [-0.4, -0.2) is 14.5 Å². The predicted molar refractivity (Wildman–Crippen MR) is 88.0 cm³/mol. The molecule has 1 aliphatic carbocycles. The molecule has 1 saturated carbocycles. The SMILES string of the molecule is CC1CCC(NS(=O)(=O)c2c(N)cc(Br)cc2Br)CC1. The fourth-order valence-corrected chi connectivity index (χ4v) is 5.89. The molecule has 0 spiro atoms. The van der Waals surface area contributed by atoms with Crippen LogP contribution >= 0.6 is 31.9 Å². The van der Waals surface area contributed by atoms with Gasteiger partial charge in [-0.05, 0) is 59.7 Å². The second-order valence-electron chi connectivity index (χ2n) is 5.38. The Morgan fingerprint density at radius 2 is 1.80 bits per heavy atom. The summed E-state index contributed by atoms with van der Waals surface area (Å²) in [5.41, 5.74) is 6.10. The maximum absolute atomic E-state index is 12.5. The molecule has 0 saturated heterocycles. The van der Waals surface area contributed by atoms with E-state index in [4.69, 9.17) is 5.73 Å². The van der Waals surface area contributed by atoms with E-state index in [0.29, 0.717) is 10.4 Å². The van der Waals surface area contributed by atoms with Crippen LogP contribution in [0.3, 0.4) is 0 Å². The van der Waals surface area contributed by atoms with Gasteiger partial charge in [0.05, 0.1) is 5.69 Å². The van der Waals surface area contributed by atoms with Gasteiger partial charge in [-0.15, -0.1) is 0 Å². The van der Waals surface area contributed by atoms with Crippen molar-refractivity contribution in [2.24, 2.45) is 5.92 Å². The monoisotopic (exact) mass is 424 g/mol. The van der Waals surface area contributed by atoms with Gasteiger partial charge in [0.2, 0.25) is 10.0 Å². The molecule has 2 rings (SSSR count). The standard InChI is InChI=1S/C13H18Br2N2O2S/c1-8-2-4-10(5-3-8)17-20(18,19)13-11(15)6-9(14)7-12(13)16/h6-8,10,17H,2-5,16H2,1H3. The van der Waals surface area contributed by atoms with Gasteiger partial charge >= 0.3 is 0 Å². The molecule has 0 radical (unpaired) electrons. The maximum atomic E-state index is 12.5. The van der Waals surface area contributed by atoms with Crippen LogP contribution in [0, 0.1) is 5.92 Å². The zero-order chi connectivity index (χ0) is 14.9. The molecular weight excluding hydrogens is 408 g/mol. The Morgan fingerprint density at radius 3 is 2.35 bits per heavy atom. The van der Waals surface area contributed by atoms with Gasteiger partial charge in [-0.25, -0.2) is 13.1 Å². The van der Waals surface area contributed by atoms with Crippen molar-refractivity contribution < 1.29 is 8.42 Å². The second kappa shape index (κ2) is 6.34. The minimum absolute atomic E-state index is 0.00569. The van der Waals surface area contributed by atoms with Gasteiger partial charge in [0, 0.05) is 15.0 Å². The van der Waals surface area contributed by atoms with Gasteiger partial charge < -0.3 is 5.73 Å². The lowest BCUT2D eigenvalue weighted by atomic mass is 9.88. The van der Waals surface area contributed by atoms with Crippen LogP contribution < -0.4 is 10.5 Å². The highest BCUT2D eigenvalue weighted by Crippen LogP contribution is 2.32. The number of benzene rings is 1. The Bertz CT molecular complexity index is 573. The Balaban J connectivity index is 2.23. The molecule has 20 heavy (non-hydrogen) atoms. The van der Waals surface area contributed by atoms with E-state index >= 15 is 0 Å². The molecule has 0 heterocycles. The average Bonchev–Trinajstić information content (AvgIpc) is 2.30. The van der Waals surface area contributed by atoms with Crippen molar-refractivity contribution in [3.63, 3.8) is 0 Å². The van der Waals surface area contributed by atoms with E-state index in [1.165, 1.54) is 0 Å². The molecule has 0 aliphatic heterocycles. The molecular formula is C13H18Br2N2O2S. The Hall–Kier alpha value is -0.110. The zero-order valence-corrected chi connectivity index (χ0v) is 15.2. The van der Waals surface area contributed by atoms with Crippen LogP contribution in [0.2, 0.25) is 0 Å². The van der Waals surface area contributed by atoms with Gasteiger partial charge in [0.1, 0.15) is 4.90 Å². The molecule has 3 N–H and O–H groups in total. The summed E-state index contributed by atoms with van der Waals surface area (Å²) < 4.78 is 29.0. The molecule has 7 heteroatoms. The highest BCUT2D eigenvalue weighted by molar-refractivity contribution is 9.11. The van der Waals surface area contributed by atoms with E-state index in [0.717, 1.165) is 30.2 Å². The first-order valence-corrected chi connectivity index (χ1v) is 9.63. The fraction of sp³-hybridized carbons (Fsp3) is 0.538. The number of hydrogen-bond donors (Lipinski definition) is 2. The maximum Gasteiger partial charge on any atom is 0.243 e. The first-order valence-electron chi connectivity index (χ1n) is 6.56. The smallest absolute Gasteiger partial charge is 0.243 e. The van der Waals surface area contributed by atoms with Crippen molar-refractivity contribution in [2.75, 3.05) is 5.73 Å². The number of hydrogen-bond acceptors (Lipinski definition) is 3. The second-order valence-corrected chi connectivity index (χ2v) is 8.80. The minimum atomic E-state index is -3.60. The lowest BCUT2D eigenvalue weighted by molar-refractivity contribution is 0.332. The highest BCUT2D eigenvalue weighted by atomic mass is 79.9. The van der Waals surface area contributed by atoms with E-state index in [2.05, 4.69) is 43.5 Å². The number of nitrogen functional groups attached to an aromatic ring is 1. The molecule has 1 aromatic rings. The largest absolute Gasteiger partial charge is 0.398 e. The van der Waals surface area contributed by atoms with Crippen LogP contribution in [-0.2, 0) is 10.0 Å². The van der Waals surface area contributed by atoms with Crippen molar-refractivity contribution in [3.05, 3.63) is 21.1 Å². The van der Waals surface area contributed by atoms with Crippen molar-refractivity contribution in [2.45, 2.75) is 43.5 Å². The molecule has 0 bridgehead atoms. The summed E-state index contributed by atoms with van der Waals surface area (Å²) in [6.45, 7) is 2.20. The normalized spacial score (nSPS) is 23.8. The van der Waals surface area contributed by atoms with Gasteiger partial charge in [-0.1, -0.05) is 22.9 Å². The van der Waals surface area contributed by atoms with E-state index in [9.17, 15) is 8.42 Å². The van der Waals surface area contributed by atoms with Crippen molar-refractivity contribution in [1.29, 1.82) is 0 Å². The molecule has 1 aromatic carbocycles. The van der Waals surface area contributed by atoms with Crippen LogP contribution in [0.4, 0.5) is 5.69 Å². The molecule has 1 fully saturated rings. The third-order valence-electron chi connectivity index (χ3n) is 3.64. The number of nitrogens with one attached hydrogen (secondary N) is 1. The van der Waals surface area contributed by atoms with E-state index < -0.39 is 10.0 Å². The van der Waals surface area contributed by atoms with E-state index in [-0.39, 0.29) is 16.6 Å². The van der Waals surface area contributed by atoms with E-state index in [1.807, 2.05) is 0 Å². The average molecular weight is 426 g/mol. The summed E-state index contributed by atoms with van der Waals surface area (Å²) in [6.07, 6.45) is 3.89. The van der Waals surface area contributed by atoms with Crippen LogP contribution in [0.15, 0.2) is 26.0 Å². The highest BCUT2D eigenvalue weighted by Gasteiger charge is 2.27. The van der Waals surface area contributed by atoms with Crippen LogP contribution in [0.25, 0.3) is 0 Å². The zero-order valence-electron chi connectivity index (χ0n) is 11.2. The number of anilines is 1. The molecule has 0 atom stereocenters. The summed E-state index contributed by atoms with van der Waals surface area (Å²) in [5, 5.41) is 0. The first-order chi connectivity index (χ1) is 9.29. The lowest BCUT2D eigenvalue weighted by Gasteiger charge is -2.27. The predicted octanol–water partition coefficient (Wildman–Crippen LogP) is 3.65. The number of sulfonamides is 1. The van der Waals surface area contributed by atoms with Crippen LogP contribution in [0.5, 0.6) is 0 Å². The van der Waals surface area contributed by atoms with Gasteiger partial charge in [-0.3, -0.25) is 0 Å². The van der Waals surface area contributed by atoms with Crippen molar-refractivity contribution in [3.8, 4) is 0 Å². The first kappa shape index (κ1) is 16.3. The molecule has 0 amide bonds. The number of nitrogens with two attached hydrogens (primary N) is 1. The van der Waals surface area contributed by atoms with E-state index in [1.54, 1.807) is 12.1 Å². The van der Waals surface area contributed by atoms with Gasteiger partial charge in [0.15, 0.2) is 0 Å². The quantitative estimate of drug-likeness (QED) is 0.726. The lowest BCUT2D eigenvalue weighted by Crippen LogP contribution is -2.37. The molecule has 1 aliphatic rings. The summed E-state index contributed by atoms with van der Waals surface area (Å²) in [5.74, 6) is 0.681. The number of rotatable bonds is 3. The summed E-state index contributed by atoms with van der Waals surface area (Å²) in [4.78, 5) is 0.124. The van der Waals surface area contributed by atoms with Crippen molar-refractivity contribution >= 4 is 47.6 Å². The molecule has 0 unspecified atom stereocenters. The Kier molecular flexibility index (Phi) is 5.15. The van der Waals surface area contributed by atoms with Crippen LogP contribution in [0.1, 0.15) is 32.6 Å². The summed E-state index contributed by atoms with van der Waals surface area (Å²) in [6, 6.07) is 3.29. The summed E-state index contributed by atoms with van der Waals surface area (Å²) >= 11 is 6.57. The molecule has 0 aromatic heterocycles. The molecule has 4 nitrogen and oxygen atoms in total. The Morgan fingerprint density at radius 1 is 1.20 bits per heavy atom. The Labute approximate surface area is 136 Å². The topological polar surface area (TPSA) is 72.2 Å². The minimum Gasteiger partial charge on any atom is -0.398 e. The third-order valence-corrected chi connectivity index (χ3v) is 6.63. The molecule has 112 valence electrons. The van der Waals surface area contributed by atoms with Crippen molar-refractivity contribution in [1.82, 2.24) is 4.72 Å². The van der Waals surface area contributed by atoms with Gasteiger partial charge in [0.25, 0.3) is 0 Å². The fourth-order valence-electron chi connectivity index (χ4n) is 2.52. The third kappa shape index (κ3) is 3.75. The number of halogens is 2.